The quantitative estimate of drug-likeness (QED) is 0.0668. The van der Waals surface area contributed by atoms with Crippen molar-refractivity contribution in [2.24, 2.45) is 0 Å². The summed E-state index contributed by atoms with van der Waals surface area (Å²) < 4.78 is 6.42. The smallest absolute Gasteiger partial charge is 0.0575 e. The third-order valence-corrected chi connectivity index (χ3v) is 8.85. The van der Waals surface area contributed by atoms with Crippen molar-refractivity contribution in [2.45, 2.75) is 206 Å². The van der Waals surface area contributed by atoms with Gasteiger partial charge in [-0.15, -0.1) is 0 Å². The Balaban J connectivity index is 1.88. The molecule has 1 aliphatic rings. The molecule has 1 rings (SSSR count). The van der Waals surface area contributed by atoms with Gasteiger partial charge in [0.05, 0.1) is 6.10 Å². The summed E-state index contributed by atoms with van der Waals surface area (Å²) in [6.45, 7) is 8.05. The summed E-state index contributed by atoms with van der Waals surface area (Å²) in [7, 11) is 0. The number of unbranched alkanes of at least 4 members (excludes halogenated alkanes) is 20. The number of hydrogen-bond donors (Lipinski definition) is 1. The first-order valence-electron chi connectivity index (χ1n) is 18.4. The largest absolute Gasteiger partial charge is 0.378 e. The van der Waals surface area contributed by atoms with Gasteiger partial charge in [-0.2, -0.15) is 0 Å². The van der Waals surface area contributed by atoms with Crippen LogP contribution in [0.2, 0.25) is 0 Å². The Morgan fingerprint density at radius 2 is 1.03 bits per heavy atom. The van der Waals surface area contributed by atoms with Gasteiger partial charge in [0, 0.05) is 6.61 Å². The molecule has 0 atom stereocenters. The van der Waals surface area contributed by atoms with Crippen molar-refractivity contribution in [3.05, 3.63) is 11.6 Å². The predicted octanol–water partition coefficient (Wildman–Crippen LogP) is 12.3. The minimum absolute atomic E-state index is 0.531. The number of rotatable bonds is 32. The molecule has 0 aromatic carbocycles. The lowest BCUT2D eigenvalue weighted by atomic mass is 9.91. The van der Waals surface area contributed by atoms with Crippen molar-refractivity contribution >= 4 is 0 Å². The number of hydrogen-bond acceptors (Lipinski definition) is 2. The summed E-state index contributed by atoms with van der Waals surface area (Å²) in [6.07, 6.45) is 43.1. The summed E-state index contributed by atoms with van der Waals surface area (Å²) in [5.41, 5.74) is 1.73. The maximum Gasteiger partial charge on any atom is 0.0575 e. The molecule has 0 aromatic heterocycles. The topological polar surface area (TPSA) is 21.3 Å². The van der Waals surface area contributed by atoms with Crippen molar-refractivity contribution in [3.8, 4) is 0 Å². The Bertz CT molecular complexity index is 480. The van der Waals surface area contributed by atoms with Gasteiger partial charge >= 0.3 is 0 Å². The third-order valence-electron chi connectivity index (χ3n) is 8.85. The summed E-state index contributed by atoms with van der Waals surface area (Å²) in [5, 5.41) is 3.67. The lowest BCUT2D eigenvalue weighted by Gasteiger charge is -2.18. The number of allylic oxidation sites excluding steroid dienone is 2. The first kappa shape index (κ1) is 36.7. The first-order valence-corrected chi connectivity index (χ1v) is 18.4. The van der Waals surface area contributed by atoms with E-state index in [4.69, 9.17) is 4.74 Å². The summed E-state index contributed by atoms with van der Waals surface area (Å²) in [5.74, 6) is 0. The first-order chi connectivity index (χ1) is 19.4. The van der Waals surface area contributed by atoms with Crippen LogP contribution in [0.25, 0.3) is 0 Å². The highest BCUT2D eigenvalue weighted by Gasteiger charge is 2.09. The van der Waals surface area contributed by atoms with Crippen molar-refractivity contribution in [1.82, 2.24) is 5.32 Å². The summed E-state index contributed by atoms with van der Waals surface area (Å²) in [6, 6.07) is 0. The molecule has 0 bridgehead atoms. The lowest BCUT2D eigenvalue weighted by Crippen LogP contribution is -2.16. The van der Waals surface area contributed by atoms with Crippen LogP contribution < -0.4 is 5.32 Å². The average Bonchev–Trinajstić information content (AvgIpc) is 2.92. The van der Waals surface area contributed by atoms with E-state index in [-0.39, 0.29) is 0 Å². The molecular weight excluding hydrogens is 474 g/mol. The molecule has 1 N–H and O–H groups in total. The lowest BCUT2D eigenvalue weighted by molar-refractivity contribution is 0.0357. The molecule has 0 radical (unpaired) electrons. The maximum atomic E-state index is 6.42. The second-order valence-corrected chi connectivity index (χ2v) is 12.7. The Kier molecular flexibility index (Phi) is 28.8. The van der Waals surface area contributed by atoms with Gasteiger partial charge in [-0.05, 0) is 77.3 Å². The molecule has 232 valence electrons. The van der Waals surface area contributed by atoms with Crippen LogP contribution in [-0.2, 0) is 4.74 Å². The van der Waals surface area contributed by atoms with Crippen LogP contribution in [0.5, 0.6) is 0 Å². The SMILES string of the molecule is CCCCCCCCC(CCCCCCCC)OCCCCCCCCNCCCCCCCC=C1CCC1. The van der Waals surface area contributed by atoms with E-state index in [0.717, 1.165) is 6.61 Å². The maximum absolute atomic E-state index is 6.42. The third kappa shape index (κ3) is 26.3. The number of ether oxygens (including phenoxy) is 1. The standard InChI is InChI=1S/C37H73NO/c1-3-5-7-9-16-22-31-37(32-23-17-10-8-6-4-2)39-35-26-20-14-13-19-25-34-38-33-24-18-12-11-15-21-28-36-29-27-30-36/h28,37-38H,3-27,29-35H2,1-2H3. The Morgan fingerprint density at radius 1 is 0.564 bits per heavy atom. The molecule has 1 fully saturated rings. The average molecular weight is 548 g/mol. The van der Waals surface area contributed by atoms with Crippen molar-refractivity contribution in [1.29, 1.82) is 0 Å². The van der Waals surface area contributed by atoms with E-state index in [0.29, 0.717) is 6.10 Å². The van der Waals surface area contributed by atoms with Crippen LogP contribution in [-0.4, -0.2) is 25.8 Å². The summed E-state index contributed by atoms with van der Waals surface area (Å²) >= 11 is 0. The molecular formula is C37H73NO. The zero-order valence-electron chi connectivity index (χ0n) is 27.2. The molecule has 0 amide bonds. The second-order valence-electron chi connectivity index (χ2n) is 12.7. The molecule has 0 aromatic rings. The van der Waals surface area contributed by atoms with Crippen LogP contribution in [0.3, 0.4) is 0 Å². The van der Waals surface area contributed by atoms with Gasteiger partial charge in [0.15, 0.2) is 0 Å². The van der Waals surface area contributed by atoms with E-state index < -0.39 is 0 Å². The van der Waals surface area contributed by atoms with E-state index in [1.165, 1.54) is 199 Å². The molecule has 2 nitrogen and oxygen atoms in total. The van der Waals surface area contributed by atoms with Gasteiger partial charge in [0.25, 0.3) is 0 Å². The molecule has 0 saturated heterocycles. The van der Waals surface area contributed by atoms with Gasteiger partial charge < -0.3 is 10.1 Å². The van der Waals surface area contributed by atoms with Gasteiger partial charge in [0.1, 0.15) is 0 Å². The predicted molar refractivity (Wildman–Crippen MR) is 176 cm³/mol. The molecule has 2 heteroatoms. The van der Waals surface area contributed by atoms with Crippen LogP contribution >= 0.6 is 0 Å². The monoisotopic (exact) mass is 548 g/mol. The van der Waals surface area contributed by atoms with Crippen LogP contribution in [0, 0.1) is 0 Å². The van der Waals surface area contributed by atoms with E-state index in [1.54, 1.807) is 5.57 Å². The fourth-order valence-electron chi connectivity index (χ4n) is 5.87. The molecule has 39 heavy (non-hydrogen) atoms. The van der Waals surface area contributed by atoms with Gasteiger partial charge in [-0.25, -0.2) is 0 Å². The molecule has 0 heterocycles. The van der Waals surface area contributed by atoms with Crippen molar-refractivity contribution in [3.63, 3.8) is 0 Å². The zero-order valence-corrected chi connectivity index (χ0v) is 27.2. The van der Waals surface area contributed by atoms with Crippen LogP contribution in [0.4, 0.5) is 0 Å². The highest BCUT2D eigenvalue weighted by Crippen LogP contribution is 2.26. The minimum atomic E-state index is 0.531. The Hall–Kier alpha value is -0.340. The van der Waals surface area contributed by atoms with Crippen molar-refractivity contribution < 1.29 is 4.74 Å². The fraction of sp³-hybridized carbons (Fsp3) is 0.946. The Labute approximate surface area is 247 Å². The zero-order chi connectivity index (χ0) is 27.9. The highest BCUT2D eigenvalue weighted by molar-refractivity contribution is 5.08. The van der Waals surface area contributed by atoms with Crippen LogP contribution in [0.15, 0.2) is 11.6 Å². The number of nitrogens with one attached hydrogen (secondary N) is 1. The molecule has 0 unspecified atom stereocenters. The Morgan fingerprint density at radius 3 is 1.54 bits per heavy atom. The highest BCUT2D eigenvalue weighted by atomic mass is 16.5. The van der Waals surface area contributed by atoms with E-state index in [1.807, 2.05) is 0 Å². The van der Waals surface area contributed by atoms with E-state index in [9.17, 15) is 0 Å². The van der Waals surface area contributed by atoms with Gasteiger partial charge in [-0.1, -0.05) is 147 Å². The fourth-order valence-corrected chi connectivity index (χ4v) is 5.87. The normalized spacial score (nSPS) is 13.4. The van der Waals surface area contributed by atoms with Gasteiger partial charge in [-0.3, -0.25) is 0 Å². The summed E-state index contributed by atoms with van der Waals surface area (Å²) in [4.78, 5) is 0. The minimum Gasteiger partial charge on any atom is -0.378 e. The van der Waals surface area contributed by atoms with E-state index >= 15 is 0 Å². The molecule has 0 aliphatic heterocycles. The molecule has 1 aliphatic carbocycles. The van der Waals surface area contributed by atoms with Crippen LogP contribution in [0.1, 0.15) is 200 Å². The second kappa shape index (κ2) is 30.6. The van der Waals surface area contributed by atoms with Crippen molar-refractivity contribution in [2.75, 3.05) is 19.7 Å². The molecule has 0 spiro atoms. The molecule has 1 saturated carbocycles. The van der Waals surface area contributed by atoms with E-state index in [2.05, 4.69) is 25.2 Å². The van der Waals surface area contributed by atoms with Gasteiger partial charge in [0.2, 0.25) is 0 Å².